The van der Waals surface area contributed by atoms with E-state index in [2.05, 4.69) is 28.2 Å². The minimum atomic E-state index is -0.174. The number of anilines is 1. The summed E-state index contributed by atoms with van der Waals surface area (Å²) in [4.78, 5) is 25.0. The van der Waals surface area contributed by atoms with Crippen molar-refractivity contribution in [2.24, 2.45) is 0 Å². The zero-order valence-electron chi connectivity index (χ0n) is 12.2. The third-order valence-electron chi connectivity index (χ3n) is 3.02. The van der Waals surface area contributed by atoms with E-state index in [0.717, 1.165) is 28.6 Å². The Kier molecular flexibility index (Phi) is 6.71. The van der Waals surface area contributed by atoms with E-state index in [9.17, 15) is 9.59 Å². The van der Waals surface area contributed by atoms with Gasteiger partial charge < -0.3 is 10.2 Å². The second kappa shape index (κ2) is 8.04. The maximum atomic E-state index is 12.0. The van der Waals surface area contributed by atoms with Crippen molar-refractivity contribution in [1.29, 1.82) is 0 Å². The number of carbonyl (C=O) groups is 2. The van der Waals surface area contributed by atoms with Gasteiger partial charge in [0.15, 0.2) is 0 Å². The Balaban J connectivity index is 2.60. The van der Waals surface area contributed by atoms with Gasteiger partial charge in [-0.2, -0.15) is 0 Å². The molecule has 1 aromatic carbocycles. The molecule has 0 fully saturated rings. The van der Waals surface area contributed by atoms with Crippen molar-refractivity contribution in [2.45, 2.75) is 33.6 Å². The van der Waals surface area contributed by atoms with E-state index in [1.807, 2.05) is 25.1 Å². The molecule has 0 aliphatic carbocycles. The predicted molar refractivity (Wildman–Crippen MR) is 84.7 cm³/mol. The van der Waals surface area contributed by atoms with Crippen LogP contribution in [0.5, 0.6) is 0 Å². The quantitative estimate of drug-likeness (QED) is 0.863. The van der Waals surface area contributed by atoms with Crippen molar-refractivity contribution in [3.8, 4) is 0 Å². The van der Waals surface area contributed by atoms with Crippen LogP contribution in [0.15, 0.2) is 22.7 Å². The van der Waals surface area contributed by atoms with Crippen molar-refractivity contribution < 1.29 is 9.59 Å². The second-order valence-electron chi connectivity index (χ2n) is 4.81. The molecule has 0 spiro atoms. The maximum Gasteiger partial charge on any atom is 0.243 e. The normalized spacial score (nSPS) is 10.2. The molecule has 110 valence electrons. The number of amides is 2. The molecule has 20 heavy (non-hydrogen) atoms. The van der Waals surface area contributed by atoms with Gasteiger partial charge in [0, 0.05) is 23.6 Å². The highest BCUT2D eigenvalue weighted by molar-refractivity contribution is 9.10. The zero-order chi connectivity index (χ0) is 15.1. The topological polar surface area (TPSA) is 49.4 Å². The summed E-state index contributed by atoms with van der Waals surface area (Å²) in [6, 6.07) is 5.64. The minimum absolute atomic E-state index is 0.0707. The smallest absolute Gasteiger partial charge is 0.243 e. The molecule has 0 saturated carbocycles. The number of benzene rings is 1. The molecule has 0 aliphatic heterocycles. The number of unbranched alkanes of at least 4 members (excludes halogenated alkanes) is 1. The third kappa shape index (κ3) is 5.33. The van der Waals surface area contributed by atoms with Crippen LogP contribution in [0.25, 0.3) is 0 Å². The van der Waals surface area contributed by atoms with Crippen molar-refractivity contribution in [3.63, 3.8) is 0 Å². The number of rotatable bonds is 6. The van der Waals surface area contributed by atoms with Crippen LogP contribution in [-0.2, 0) is 9.59 Å². The summed E-state index contributed by atoms with van der Waals surface area (Å²) in [5.74, 6) is -0.245. The molecule has 0 saturated heterocycles. The van der Waals surface area contributed by atoms with Gasteiger partial charge in [-0.05, 0) is 31.0 Å². The Hall–Kier alpha value is -1.36. The first-order valence-corrected chi connectivity index (χ1v) is 7.54. The number of aryl methyl sites for hydroxylation is 1. The van der Waals surface area contributed by atoms with Gasteiger partial charge in [0.25, 0.3) is 0 Å². The molecule has 0 unspecified atom stereocenters. The van der Waals surface area contributed by atoms with Crippen molar-refractivity contribution in [1.82, 2.24) is 4.90 Å². The largest absolute Gasteiger partial charge is 0.334 e. The van der Waals surface area contributed by atoms with Gasteiger partial charge in [0.05, 0.1) is 6.54 Å². The molecule has 4 nitrogen and oxygen atoms in total. The Morgan fingerprint density at radius 3 is 2.60 bits per heavy atom. The van der Waals surface area contributed by atoms with Gasteiger partial charge in [-0.3, -0.25) is 9.59 Å². The van der Waals surface area contributed by atoms with E-state index >= 15 is 0 Å². The number of nitrogens with zero attached hydrogens (tertiary/aromatic N) is 1. The first-order valence-electron chi connectivity index (χ1n) is 6.75. The lowest BCUT2D eigenvalue weighted by Gasteiger charge is -2.20. The maximum absolute atomic E-state index is 12.0. The van der Waals surface area contributed by atoms with Gasteiger partial charge in [-0.25, -0.2) is 0 Å². The predicted octanol–water partition coefficient (Wildman–Crippen LogP) is 3.34. The zero-order valence-corrected chi connectivity index (χ0v) is 13.8. The average Bonchev–Trinajstić information content (AvgIpc) is 2.38. The van der Waals surface area contributed by atoms with Gasteiger partial charge in [-0.1, -0.05) is 35.3 Å². The lowest BCUT2D eigenvalue weighted by atomic mass is 10.2. The summed E-state index contributed by atoms with van der Waals surface area (Å²) in [5.41, 5.74) is 1.84. The van der Waals surface area contributed by atoms with Gasteiger partial charge in [-0.15, -0.1) is 0 Å². The number of nitrogens with one attached hydrogen (secondary N) is 1. The Morgan fingerprint density at radius 2 is 2.05 bits per heavy atom. The summed E-state index contributed by atoms with van der Waals surface area (Å²) >= 11 is 3.43. The van der Waals surface area contributed by atoms with Crippen LogP contribution in [-0.4, -0.2) is 29.8 Å². The molecule has 0 radical (unpaired) electrons. The molecule has 0 aliphatic rings. The van der Waals surface area contributed by atoms with Crippen molar-refractivity contribution in [2.75, 3.05) is 18.4 Å². The second-order valence-corrected chi connectivity index (χ2v) is 5.66. The Bertz CT molecular complexity index is 489. The summed E-state index contributed by atoms with van der Waals surface area (Å²) in [6.07, 6.45) is 1.90. The van der Waals surface area contributed by atoms with Crippen molar-refractivity contribution in [3.05, 3.63) is 28.2 Å². The van der Waals surface area contributed by atoms with Crippen LogP contribution in [0.2, 0.25) is 0 Å². The first kappa shape index (κ1) is 16.7. The van der Waals surface area contributed by atoms with Gasteiger partial charge >= 0.3 is 0 Å². The standard InChI is InChI=1S/C15H21BrN2O2/c1-4-5-8-18(12(3)19)10-15(20)17-13-7-6-11(2)14(16)9-13/h6-7,9H,4-5,8,10H2,1-3H3,(H,17,20). The summed E-state index contributed by atoms with van der Waals surface area (Å²) in [7, 11) is 0. The summed E-state index contributed by atoms with van der Waals surface area (Å²) in [5, 5.41) is 2.81. The fourth-order valence-corrected chi connectivity index (χ4v) is 2.12. The molecule has 1 aromatic rings. The van der Waals surface area contributed by atoms with E-state index in [4.69, 9.17) is 0 Å². The fourth-order valence-electron chi connectivity index (χ4n) is 1.74. The molecular formula is C15H21BrN2O2. The summed E-state index contributed by atoms with van der Waals surface area (Å²) in [6.45, 7) is 6.25. The van der Waals surface area contributed by atoms with E-state index in [1.165, 1.54) is 6.92 Å². The Morgan fingerprint density at radius 1 is 1.35 bits per heavy atom. The molecular weight excluding hydrogens is 320 g/mol. The summed E-state index contributed by atoms with van der Waals surface area (Å²) < 4.78 is 0.949. The van der Waals surface area contributed by atoms with Gasteiger partial charge in [0.2, 0.25) is 11.8 Å². The van der Waals surface area contributed by atoms with E-state index in [0.29, 0.717) is 6.54 Å². The molecule has 2 amide bonds. The number of hydrogen-bond donors (Lipinski definition) is 1. The van der Waals surface area contributed by atoms with Crippen LogP contribution >= 0.6 is 15.9 Å². The molecule has 0 aromatic heterocycles. The number of carbonyl (C=O) groups excluding carboxylic acids is 2. The molecule has 0 bridgehead atoms. The highest BCUT2D eigenvalue weighted by Crippen LogP contribution is 2.20. The fraction of sp³-hybridized carbons (Fsp3) is 0.467. The molecule has 1 rings (SSSR count). The van der Waals surface area contributed by atoms with Crippen LogP contribution < -0.4 is 5.32 Å². The van der Waals surface area contributed by atoms with Crippen LogP contribution in [0, 0.1) is 6.92 Å². The third-order valence-corrected chi connectivity index (χ3v) is 3.87. The molecule has 5 heteroatoms. The lowest BCUT2D eigenvalue weighted by molar-refractivity contribution is -0.132. The Labute approximate surface area is 128 Å². The molecule has 0 atom stereocenters. The van der Waals surface area contributed by atoms with Gasteiger partial charge in [0.1, 0.15) is 0 Å². The van der Waals surface area contributed by atoms with Crippen molar-refractivity contribution >= 4 is 33.4 Å². The highest BCUT2D eigenvalue weighted by Gasteiger charge is 2.13. The molecule has 1 N–H and O–H groups in total. The number of halogens is 1. The molecule has 0 heterocycles. The van der Waals surface area contributed by atoms with E-state index < -0.39 is 0 Å². The van der Waals surface area contributed by atoms with E-state index in [1.54, 1.807) is 4.90 Å². The lowest BCUT2D eigenvalue weighted by Crippen LogP contribution is -2.37. The van der Waals surface area contributed by atoms with Crippen LogP contribution in [0.4, 0.5) is 5.69 Å². The van der Waals surface area contributed by atoms with Crippen LogP contribution in [0.1, 0.15) is 32.3 Å². The minimum Gasteiger partial charge on any atom is -0.334 e. The number of hydrogen-bond acceptors (Lipinski definition) is 2. The monoisotopic (exact) mass is 340 g/mol. The first-order chi connectivity index (χ1) is 9.43. The average molecular weight is 341 g/mol. The highest BCUT2D eigenvalue weighted by atomic mass is 79.9. The van der Waals surface area contributed by atoms with E-state index in [-0.39, 0.29) is 18.4 Å². The van der Waals surface area contributed by atoms with Crippen LogP contribution in [0.3, 0.4) is 0 Å². The SMILES string of the molecule is CCCCN(CC(=O)Nc1ccc(C)c(Br)c1)C(C)=O.